The molecule has 0 radical (unpaired) electrons. The summed E-state index contributed by atoms with van der Waals surface area (Å²) in [5.41, 5.74) is 1.13. The molecule has 0 saturated carbocycles. The van der Waals surface area contributed by atoms with Crippen LogP contribution in [0.3, 0.4) is 0 Å². The number of halogens is 3. The third-order valence-corrected chi connectivity index (χ3v) is 3.84. The van der Waals surface area contributed by atoms with Crippen LogP contribution in [0.15, 0.2) is 42.5 Å². The number of hydrogen-bond donors (Lipinski definition) is 1. The molecule has 1 heterocycles. The number of carboxylic acids is 1. The van der Waals surface area contributed by atoms with Gasteiger partial charge in [0.25, 0.3) is 5.82 Å². The average Bonchev–Trinajstić information content (AvgIpc) is 2.93. The SMILES string of the molecule is O=C(O)c1nc(-c2ccc(Cl)cc2Cl)n(-c2ccc(Cl)cc2)n1. The zero-order chi connectivity index (χ0) is 16.6. The number of carboxylic acid groups (broad SMARTS) is 1. The maximum absolute atomic E-state index is 11.2. The largest absolute Gasteiger partial charge is 0.475 e. The molecular formula is C15H8Cl3N3O2. The van der Waals surface area contributed by atoms with Crippen molar-refractivity contribution in [1.82, 2.24) is 14.8 Å². The van der Waals surface area contributed by atoms with E-state index in [1.165, 1.54) is 4.68 Å². The Hall–Kier alpha value is -2.08. The molecule has 0 aliphatic rings. The first-order chi connectivity index (χ1) is 11.0. The summed E-state index contributed by atoms with van der Waals surface area (Å²) in [7, 11) is 0. The topological polar surface area (TPSA) is 68.0 Å². The molecule has 1 aromatic heterocycles. The van der Waals surface area contributed by atoms with Crippen LogP contribution in [0, 0.1) is 0 Å². The summed E-state index contributed by atoms with van der Waals surface area (Å²) in [6.07, 6.45) is 0. The van der Waals surface area contributed by atoms with Gasteiger partial charge in [-0.05, 0) is 42.5 Å². The molecule has 2 aromatic carbocycles. The van der Waals surface area contributed by atoms with Gasteiger partial charge >= 0.3 is 5.97 Å². The Bertz CT molecular complexity index is 891. The van der Waals surface area contributed by atoms with Crippen LogP contribution in [0.25, 0.3) is 17.1 Å². The van der Waals surface area contributed by atoms with Gasteiger partial charge < -0.3 is 5.11 Å². The molecule has 3 aromatic rings. The van der Waals surface area contributed by atoms with Crippen molar-refractivity contribution >= 4 is 40.8 Å². The average molecular weight is 369 g/mol. The minimum absolute atomic E-state index is 0.298. The Morgan fingerprint density at radius 1 is 1.00 bits per heavy atom. The Balaban J connectivity index is 2.22. The normalized spacial score (nSPS) is 10.7. The molecule has 0 fully saturated rings. The molecule has 0 amide bonds. The van der Waals surface area contributed by atoms with Crippen LogP contribution in [0.5, 0.6) is 0 Å². The van der Waals surface area contributed by atoms with E-state index in [1.54, 1.807) is 42.5 Å². The Kier molecular flexibility index (Phi) is 4.26. The highest BCUT2D eigenvalue weighted by molar-refractivity contribution is 6.36. The van der Waals surface area contributed by atoms with E-state index in [9.17, 15) is 4.79 Å². The van der Waals surface area contributed by atoms with Crippen molar-refractivity contribution in [2.24, 2.45) is 0 Å². The van der Waals surface area contributed by atoms with Crippen molar-refractivity contribution in [3.8, 4) is 17.1 Å². The van der Waals surface area contributed by atoms with Crippen LogP contribution in [0.2, 0.25) is 15.1 Å². The number of benzene rings is 2. The molecule has 0 bridgehead atoms. The van der Waals surface area contributed by atoms with Gasteiger partial charge in [-0.3, -0.25) is 0 Å². The van der Waals surface area contributed by atoms with Crippen LogP contribution in [0.4, 0.5) is 0 Å². The summed E-state index contributed by atoms with van der Waals surface area (Å²) in [4.78, 5) is 15.3. The third-order valence-electron chi connectivity index (χ3n) is 3.04. The minimum Gasteiger partial charge on any atom is -0.475 e. The molecule has 0 saturated heterocycles. The first-order valence-corrected chi connectivity index (χ1v) is 7.51. The highest BCUT2D eigenvalue weighted by Crippen LogP contribution is 2.30. The quantitative estimate of drug-likeness (QED) is 0.734. The summed E-state index contributed by atoms with van der Waals surface area (Å²) in [5.74, 6) is -1.27. The number of nitrogens with zero attached hydrogens (tertiary/aromatic N) is 3. The summed E-state index contributed by atoms with van der Waals surface area (Å²) >= 11 is 18.0. The van der Waals surface area contributed by atoms with Crippen molar-refractivity contribution in [2.45, 2.75) is 0 Å². The molecule has 0 atom stereocenters. The second-order valence-electron chi connectivity index (χ2n) is 4.58. The fourth-order valence-corrected chi connectivity index (χ4v) is 2.63. The van der Waals surface area contributed by atoms with Crippen LogP contribution in [-0.4, -0.2) is 25.8 Å². The third kappa shape index (κ3) is 3.17. The standard InChI is InChI=1S/C15H8Cl3N3O2/c16-8-1-4-10(5-2-8)21-14(19-13(20-21)15(22)23)11-6-3-9(17)7-12(11)18/h1-7H,(H,22,23). The van der Waals surface area contributed by atoms with Gasteiger partial charge in [-0.1, -0.05) is 34.8 Å². The number of aromatic carboxylic acids is 1. The van der Waals surface area contributed by atoms with E-state index in [2.05, 4.69) is 10.1 Å². The number of hydrogen-bond acceptors (Lipinski definition) is 3. The molecule has 0 spiro atoms. The summed E-state index contributed by atoms with van der Waals surface area (Å²) in [5, 5.41) is 14.5. The number of carbonyl (C=O) groups is 1. The molecule has 5 nitrogen and oxygen atoms in total. The molecule has 0 aliphatic carbocycles. The number of aromatic nitrogens is 3. The molecule has 0 unspecified atom stereocenters. The first-order valence-electron chi connectivity index (χ1n) is 6.37. The molecule has 23 heavy (non-hydrogen) atoms. The van der Waals surface area contributed by atoms with Crippen LogP contribution in [0.1, 0.15) is 10.6 Å². The lowest BCUT2D eigenvalue weighted by atomic mass is 10.2. The zero-order valence-electron chi connectivity index (χ0n) is 11.4. The van der Waals surface area contributed by atoms with Gasteiger partial charge in [-0.25, -0.2) is 14.5 Å². The van der Waals surface area contributed by atoms with Gasteiger partial charge in [0.05, 0.1) is 10.7 Å². The van der Waals surface area contributed by atoms with Gasteiger partial charge in [-0.2, -0.15) is 0 Å². The fraction of sp³-hybridized carbons (Fsp3) is 0. The summed E-state index contributed by atoms with van der Waals surface area (Å²) in [6, 6.07) is 11.6. The van der Waals surface area contributed by atoms with Crippen molar-refractivity contribution in [2.75, 3.05) is 0 Å². The highest BCUT2D eigenvalue weighted by atomic mass is 35.5. The molecule has 8 heteroatoms. The van der Waals surface area contributed by atoms with E-state index < -0.39 is 5.97 Å². The summed E-state index contributed by atoms with van der Waals surface area (Å²) in [6.45, 7) is 0. The highest BCUT2D eigenvalue weighted by Gasteiger charge is 2.19. The van der Waals surface area contributed by atoms with E-state index in [-0.39, 0.29) is 5.82 Å². The molecule has 116 valence electrons. The van der Waals surface area contributed by atoms with Crippen LogP contribution in [-0.2, 0) is 0 Å². The lowest BCUT2D eigenvalue weighted by Gasteiger charge is -2.07. The van der Waals surface area contributed by atoms with Gasteiger partial charge in [0.15, 0.2) is 5.82 Å². The van der Waals surface area contributed by atoms with Crippen molar-refractivity contribution < 1.29 is 9.90 Å². The summed E-state index contributed by atoms with van der Waals surface area (Å²) < 4.78 is 1.40. The van der Waals surface area contributed by atoms with Gasteiger partial charge in [0.2, 0.25) is 0 Å². The lowest BCUT2D eigenvalue weighted by molar-refractivity contribution is 0.0683. The monoisotopic (exact) mass is 367 g/mol. The minimum atomic E-state index is -1.23. The van der Waals surface area contributed by atoms with E-state index in [1.807, 2.05) is 0 Å². The van der Waals surface area contributed by atoms with E-state index in [4.69, 9.17) is 39.9 Å². The molecule has 1 N–H and O–H groups in total. The number of rotatable bonds is 3. The molecular weight excluding hydrogens is 361 g/mol. The lowest BCUT2D eigenvalue weighted by Crippen LogP contribution is -2.02. The van der Waals surface area contributed by atoms with Crippen LogP contribution >= 0.6 is 34.8 Å². The second-order valence-corrected chi connectivity index (χ2v) is 5.86. The maximum Gasteiger partial charge on any atom is 0.375 e. The molecule has 3 rings (SSSR count). The smallest absolute Gasteiger partial charge is 0.375 e. The van der Waals surface area contributed by atoms with Crippen molar-refractivity contribution in [3.05, 3.63) is 63.4 Å². The predicted octanol–water partition coefficient (Wildman–Crippen LogP) is 4.59. The van der Waals surface area contributed by atoms with Gasteiger partial charge in [0.1, 0.15) is 0 Å². The molecule has 0 aliphatic heterocycles. The van der Waals surface area contributed by atoms with E-state index in [0.717, 1.165) is 0 Å². The Morgan fingerprint density at radius 3 is 2.26 bits per heavy atom. The van der Waals surface area contributed by atoms with Gasteiger partial charge in [-0.15, -0.1) is 5.10 Å². The first kappa shape index (κ1) is 15.8. The van der Waals surface area contributed by atoms with Crippen molar-refractivity contribution in [3.63, 3.8) is 0 Å². The van der Waals surface area contributed by atoms with E-state index in [0.29, 0.717) is 32.1 Å². The Morgan fingerprint density at radius 2 is 1.65 bits per heavy atom. The predicted molar refractivity (Wildman–Crippen MR) is 88.8 cm³/mol. The second kappa shape index (κ2) is 6.20. The van der Waals surface area contributed by atoms with Crippen molar-refractivity contribution in [1.29, 1.82) is 0 Å². The van der Waals surface area contributed by atoms with Crippen LogP contribution < -0.4 is 0 Å². The fourth-order valence-electron chi connectivity index (χ4n) is 2.01. The van der Waals surface area contributed by atoms with E-state index >= 15 is 0 Å². The maximum atomic E-state index is 11.2. The Labute approximate surface area is 146 Å². The van der Waals surface area contributed by atoms with Gasteiger partial charge in [0, 0.05) is 15.6 Å². The zero-order valence-corrected chi connectivity index (χ0v) is 13.6.